The van der Waals surface area contributed by atoms with Gasteiger partial charge in [-0.3, -0.25) is 18.9 Å². The molecule has 0 saturated heterocycles. The van der Waals surface area contributed by atoms with Crippen LogP contribution in [0.2, 0.25) is 0 Å². The van der Waals surface area contributed by atoms with E-state index in [0.29, 0.717) is 19.3 Å². The van der Waals surface area contributed by atoms with Crippen molar-refractivity contribution in [3.8, 4) is 0 Å². The van der Waals surface area contributed by atoms with Gasteiger partial charge in [0.05, 0.1) is 0 Å². The maximum Gasteiger partial charge on any atom is 4.00 e. The SMILES string of the molecule is CC(C)CCCCCCCCCCCCCC[C-]=O.CC(C)CCCCCCCCCCCCCC[C-]=O.CC(C)CCCCCCCCCCCCCC[C-]=O.CC(C)O.[CH2-]CCCC.[Ti+4]. The van der Waals surface area contributed by atoms with Crippen LogP contribution in [0.4, 0.5) is 0 Å². The standard InChI is InChI=1S/3C18H35O.C5H11.C3H8O.Ti/c3*1-18(2)16-14-12-10-8-6-4-3-5-7-9-11-13-15-17-19;1-3-5-4-2;1-3(2)4;/h3*18H,3-16H2,1-2H3;1,3-5H2,2H3;3-4H,1-2H3;/q4*-1;;+4. The van der Waals surface area contributed by atoms with E-state index in [-0.39, 0.29) is 27.8 Å². The van der Waals surface area contributed by atoms with E-state index < -0.39 is 0 Å². The second-order valence-corrected chi connectivity index (χ2v) is 21.3. The molecule has 0 bridgehead atoms. The van der Waals surface area contributed by atoms with Gasteiger partial charge in [0.2, 0.25) is 0 Å². The Balaban J connectivity index is -0.000000189. The fourth-order valence-electron chi connectivity index (χ4n) is 7.80. The summed E-state index contributed by atoms with van der Waals surface area (Å²) in [7, 11) is 0. The fraction of sp³-hybridized carbons (Fsp3) is 0.935. The third-order valence-corrected chi connectivity index (χ3v) is 12.0. The average molecular weight is 982 g/mol. The Morgan fingerprint density at radius 1 is 0.313 bits per heavy atom. The van der Waals surface area contributed by atoms with Crippen LogP contribution in [0, 0.1) is 24.7 Å². The molecule has 0 rings (SSSR count). The first-order valence-electron chi connectivity index (χ1n) is 29.5. The first-order chi connectivity index (χ1) is 32.0. The molecule has 0 aromatic rings. The van der Waals surface area contributed by atoms with Crippen LogP contribution in [0.15, 0.2) is 0 Å². The van der Waals surface area contributed by atoms with E-state index in [1.54, 1.807) is 13.8 Å². The molecule has 0 unspecified atom stereocenters. The number of hydrogen-bond acceptors (Lipinski definition) is 4. The van der Waals surface area contributed by atoms with E-state index in [2.05, 4.69) is 55.4 Å². The number of rotatable bonds is 47. The molecule has 0 spiro atoms. The second-order valence-electron chi connectivity index (χ2n) is 21.3. The summed E-state index contributed by atoms with van der Waals surface area (Å²) in [6, 6.07) is 0. The molecule has 5 heteroatoms. The molecule has 0 aromatic carbocycles. The summed E-state index contributed by atoms with van der Waals surface area (Å²) in [5.74, 6) is 2.64. The maximum atomic E-state index is 10.0. The van der Waals surface area contributed by atoms with Crippen molar-refractivity contribution in [2.45, 2.75) is 357 Å². The zero-order chi connectivity index (χ0) is 50.3. The van der Waals surface area contributed by atoms with E-state index in [4.69, 9.17) is 5.11 Å². The van der Waals surface area contributed by atoms with Crippen LogP contribution in [0.25, 0.3) is 0 Å². The van der Waals surface area contributed by atoms with Gasteiger partial charge in [-0.15, -0.1) is 0 Å². The van der Waals surface area contributed by atoms with Crippen LogP contribution >= 0.6 is 0 Å². The Morgan fingerprint density at radius 2 is 0.463 bits per heavy atom. The van der Waals surface area contributed by atoms with Crippen LogP contribution in [0.1, 0.15) is 351 Å². The van der Waals surface area contributed by atoms with Crippen molar-refractivity contribution in [2.75, 3.05) is 0 Å². The van der Waals surface area contributed by atoms with Crippen LogP contribution in [-0.4, -0.2) is 30.1 Å². The minimum atomic E-state index is -0.167. The number of aliphatic hydroxyl groups excluding tert-OH is 1. The van der Waals surface area contributed by atoms with Crippen molar-refractivity contribution in [1.82, 2.24) is 0 Å². The zero-order valence-corrected chi connectivity index (χ0v) is 49.1. The molecular weight excluding hydrogens is 857 g/mol. The number of carbonyl (C=O) groups excluding carboxylic acids is 3. The zero-order valence-electron chi connectivity index (χ0n) is 47.5. The molecule has 0 aliphatic rings. The monoisotopic (exact) mass is 981 g/mol. The van der Waals surface area contributed by atoms with Gasteiger partial charge in [0.25, 0.3) is 0 Å². The summed E-state index contributed by atoms with van der Waals surface area (Å²) < 4.78 is 0. The predicted octanol–water partition coefficient (Wildman–Crippen LogP) is 21.0. The Bertz CT molecular complexity index is 713. The summed E-state index contributed by atoms with van der Waals surface area (Å²) >= 11 is 0. The van der Waals surface area contributed by atoms with Gasteiger partial charge >= 0.3 is 21.7 Å². The Kier molecular flexibility index (Phi) is 90.0. The quantitative estimate of drug-likeness (QED) is 0.0375. The Labute approximate surface area is 439 Å². The summed E-state index contributed by atoms with van der Waals surface area (Å²) in [6.07, 6.45) is 64.4. The molecular formula is C62H124O4Ti. The minimum absolute atomic E-state index is 0. The van der Waals surface area contributed by atoms with Gasteiger partial charge in [-0.2, -0.15) is 25.7 Å². The number of hydrogen-bond donors (Lipinski definition) is 1. The third-order valence-electron chi connectivity index (χ3n) is 12.0. The van der Waals surface area contributed by atoms with Crippen molar-refractivity contribution in [3.63, 3.8) is 0 Å². The topological polar surface area (TPSA) is 71.4 Å². The molecule has 0 aliphatic heterocycles. The van der Waals surface area contributed by atoms with Gasteiger partial charge in [0, 0.05) is 6.10 Å². The summed E-state index contributed by atoms with van der Waals surface area (Å²) in [4.78, 5) is 30.0. The number of aliphatic hydroxyl groups is 1. The van der Waals surface area contributed by atoms with Gasteiger partial charge in [-0.25, -0.2) is 0 Å². The smallest absolute Gasteiger partial charge is 0.542 e. The molecule has 0 atom stereocenters. The van der Waals surface area contributed by atoms with Gasteiger partial charge in [-0.05, 0) is 31.6 Å². The molecule has 0 radical (unpaired) electrons. The molecule has 400 valence electrons. The van der Waals surface area contributed by atoms with Crippen LogP contribution in [0.5, 0.6) is 0 Å². The molecule has 67 heavy (non-hydrogen) atoms. The molecule has 0 amide bonds. The number of unbranched alkanes of at least 4 members (excludes halogenated alkanes) is 38. The summed E-state index contributed by atoms with van der Waals surface area (Å²) in [5.41, 5.74) is 0. The van der Waals surface area contributed by atoms with Gasteiger partial charge in [0.1, 0.15) is 0 Å². The Hall–Kier alpha value is -0.316. The first kappa shape index (κ1) is 78.1. The maximum absolute atomic E-state index is 10.0. The van der Waals surface area contributed by atoms with Crippen LogP contribution in [0.3, 0.4) is 0 Å². The summed E-state index contributed by atoms with van der Waals surface area (Å²) in [5, 5.41) is 8.06. The molecule has 0 fully saturated rings. The van der Waals surface area contributed by atoms with E-state index >= 15 is 0 Å². The molecule has 4 nitrogen and oxygen atoms in total. The molecule has 0 saturated carbocycles. The predicted molar refractivity (Wildman–Crippen MR) is 298 cm³/mol. The third kappa shape index (κ3) is 108. The fourth-order valence-corrected chi connectivity index (χ4v) is 7.80. The van der Waals surface area contributed by atoms with Gasteiger partial charge in [-0.1, -0.05) is 312 Å². The molecule has 1 N–H and O–H groups in total. The van der Waals surface area contributed by atoms with E-state index in [1.165, 1.54) is 244 Å². The van der Waals surface area contributed by atoms with Crippen molar-refractivity contribution < 1.29 is 41.2 Å². The minimum Gasteiger partial charge on any atom is -0.542 e. The molecule has 0 aromatic heterocycles. The van der Waals surface area contributed by atoms with Crippen LogP contribution < -0.4 is 0 Å². The van der Waals surface area contributed by atoms with Crippen molar-refractivity contribution >= 4 is 18.9 Å². The van der Waals surface area contributed by atoms with Gasteiger partial charge in [0.15, 0.2) is 0 Å². The van der Waals surface area contributed by atoms with E-state index in [1.807, 2.05) is 18.9 Å². The second kappa shape index (κ2) is 77.2. The molecule has 0 aliphatic carbocycles. The van der Waals surface area contributed by atoms with Crippen molar-refractivity contribution in [3.05, 3.63) is 6.92 Å². The van der Waals surface area contributed by atoms with E-state index in [9.17, 15) is 14.4 Å². The van der Waals surface area contributed by atoms with Crippen molar-refractivity contribution in [1.29, 1.82) is 0 Å². The first-order valence-corrected chi connectivity index (χ1v) is 29.5. The van der Waals surface area contributed by atoms with Crippen molar-refractivity contribution in [2.24, 2.45) is 17.8 Å². The van der Waals surface area contributed by atoms with Crippen LogP contribution in [-0.2, 0) is 36.1 Å². The normalized spacial score (nSPS) is 10.6. The summed E-state index contributed by atoms with van der Waals surface area (Å²) in [6.45, 7) is 23.2. The average Bonchev–Trinajstić information content (AvgIpc) is 3.27. The Morgan fingerprint density at radius 3 is 0.567 bits per heavy atom. The van der Waals surface area contributed by atoms with Gasteiger partial charge < -0.3 is 26.4 Å². The largest absolute Gasteiger partial charge is 4.00 e. The molecule has 0 heterocycles. The van der Waals surface area contributed by atoms with E-state index in [0.717, 1.165) is 43.4 Å².